The number of carbonyl (C=O) groups is 1. The first-order valence-electron chi connectivity index (χ1n) is 7.72. The van der Waals surface area contributed by atoms with Crippen LogP contribution in [0, 0.1) is 11.8 Å². The van der Waals surface area contributed by atoms with Crippen LogP contribution in [0.3, 0.4) is 0 Å². The Bertz CT molecular complexity index is 259. The molecule has 2 fully saturated rings. The second kappa shape index (κ2) is 7.13. The molecule has 0 radical (unpaired) electrons. The summed E-state index contributed by atoms with van der Waals surface area (Å²) in [5.41, 5.74) is 0. The lowest BCUT2D eigenvalue weighted by atomic mass is 9.85. The molecule has 0 saturated heterocycles. The summed E-state index contributed by atoms with van der Waals surface area (Å²) >= 11 is 0. The number of aliphatic carboxylic acids is 1. The molecule has 2 atom stereocenters. The van der Waals surface area contributed by atoms with Crippen LogP contribution in [-0.2, 0) is 4.79 Å². The second-order valence-electron chi connectivity index (χ2n) is 6.16. The van der Waals surface area contributed by atoms with Crippen molar-refractivity contribution in [3.63, 3.8) is 0 Å². The van der Waals surface area contributed by atoms with Gasteiger partial charge in [-0.15, -0.1) is 0 Å². The highest BCUT2D eigenvalue weighted by atomic mass is 16.4. The molecular weight excluding hydrogens is 226 g/mol. The van der Waals surface area contributed by atoms with Crippen molar-refractivity contribution in [3.05, 3.63) is 0 Å². The zero-order chi connectivity index (χ0) is 12.8. The monoisotopic (exact) mass is 253 g/mol. The van der Waals surface area contributed by atoms with E-state index in [0.29, 0.717) is 6.04 Å². The van der Waals surface area contributed by atoms with Gasteiger partial charge in [0.1, 0.15) is 0 Å². The summed E-state index contributed by atoms with van der Waals surface area (Å²) in [4.78, 5) is 11.0. The largest absolute Gasteiger partial charge is 0.481 e. The number of nitrogens with one attached hydrogen (secondary N) is 1. The van der Waals surface area contributed by atoms with Gasteiger partial charge in [-0.25, -0.2) is 0 Å². The Kier molecular flexibility index (Phi) is 5.48. The molecule has 3 nitrogen and oxygen atoms in total. The van der Waals surface area contributed by atoms with Gasteiger partial charge in [0.25, 0.3) is 0 Å². The Morgan fingerprint density at radius 1 is 1.00 bits per heavy atom. The van der Waals surface area contributed by atoms with Crippen LogP contribution in [0.1, 0.15) is 64.2 Å². The molecule has 0 heterocycles. The molecule has 0 aromatic heterocycles. The van der Waals surface area contributed by atoms with Crippen molar-refractivity contribution in [2.24, 2.45) is 11.8 Å². The molecule has 18 heavy (non-hydrogen) atoms. The van der Waals surface area contributed by atoms with E-state index >= 15 is 0 Å². The van der Waals surface area contributed by atoms with Crippen LogP contribution in [0.2, 0.25) is 0 Å². The molecule has 2 saturated carbocycles. The summed E-state index contributed by atoms with van der Waals surface area (Å²) in [6.45, 7) is 1.11. The van der Waals surface area contributed by atoms with Gasteiger partial charge >= 0.3 is 5.97 Å². The van der Waals surface area contributed by atoms with Gasteiger partial charge in [0.2, 0.25) is 0 Å². The van der Waals surface area contributed by atoms with Crippen molar-refractivity contribution in [1.29, 1.82) is 0 Å². The minimum atomic E-state index is -0.601. The van der Waals surface area contributed by atoms with Crippen molar-refractivity contribution in [2.45, 2.75) is 70.3 Å². The number of hydrogen-bond acceptors (Lipinski definition) is 2. The SMILES string of the molecule is O=C(O)C1CCCC(NCC2CCCCCC2)C1. The first-order valence-corrected chi connectivity index (χ1v) is 7.72. The standard InChI is InChI=1S/C15H27NO2/c17-15(18)13-8-5-9-14(10-13)16-11-12-6-3-1-2-4-7-12/h12-14,16H,1-11H2,(H,17,18). The topological polar surface area (TPSA) is 49.3 Å². The molecule has 2 rings (SSSR count). The minimum Gasteiger partial charge on any atom is -0.481 e. The van der Waals surface area contributed by atoms with E-state index in [1.54, 1.807) is 0 Å². The summed E-state index contributed by atoms with van der Waals surface area (Å²) in [6, 6.07) is 0.447. The highest BCUT2D eigenvalue weighted by Gasteiger charge is 2.27. The van der Waals surface area contributed by atoms with Crippen LogP contribution in [0.4, 0.5) is 0 Å². The Hall–Kier alpha value is -0.570. The van der Waals surface area contributed by atoms with Crippen LogP contribution < -0.4 is 5.32 Å². The van der Waals surface area contributed by atoms with Gasteiger partial charge in [-0.05, 0) is 44.6 Å². The fraction of sp³-hybridized carbons (Fsp3) is 0.933. The van der Waals surface area contributed by atoms with Crippen LogP contribution in [0.15, 0.2) is 0 Å². The van der Waals surface area contributed by atoms with E-state index in [1.807, 2.05) is 0 Å². The van der Waals surface area contributed by atoms with Gasteiger partial charge in [-0.3, -0.25) is 4.79 Å². The molecule has 2 aliphatic carbocycles. The molecule has 3 heteroatoms. The molecule has 0 bridgehead atoms. The Labute approximate surface area is 110 Å². The van der Waals surface area contributed by atoms with Gasteiger partial charge < -0.3 is 10.4 Å². The molecule has 2 N–H and O–H groups in total. The molecule has 104 valence electrons. The lowest BCUT2D eigenvalue weighted by Crippen LogP contribution is -2.38. The van der Waals surface area contributed by atoms with Gasteiger partial charge in [-0.1, -0.05) is 32.1 Å². The van der Waals surface area contributed by atoms with Crippen molar-refractivity contribution in [1.82, 2.24) is 5.32 Å². The predicted octanol–water partition coefficient (Wildman–Crippen LogP) is 3.19. The van der Waals surface area contributed by atoms with E-state index in [4.69, 9.17) is 5.11 Å². The van der Waals surface area contributed by atoms with Crippen LogP contribution in [0.5, 0.6) is 0 Å². The molecule has 2 unspecified atom stereocenters. The Morgan fingerprint density at radius 2 is 1.72 bits per heavy atom. The van der Waals surface area contributed by atoms with Gasteiger partial charge in [0.05, 0.1) is 5.92 Å². The van der Waals surface area contributed by atoms with E-state index in [2.05, 4.69) is 5.32 Å². The van der Waals surface area contributed by atoms with Crippen LogP contribution >= 0.6 is 0 Å². The van der Waals surface area contributed by atoms with E-state index in [9.17, 15) is 4.79 Å². The smallest absolute Gasteiger partial charge is 0.306 e. The minimum absolute atomic E-state index is 0.106. The van der Waals surface area contributed by atoms with Crippen molar-refractivity contribution >= 4 is 5.97 Å². The molecule has 0 aromatic carbocycles. The summed E-state index contributed by atoms with van der Waals surface area (Å²) in [5.74, 6) is 0.124. The van der Waals surface area contributed by atoms with Gasteiger partial charge in [-0.2, -0.15) is 0 Å². The zero-order valence-corrected chi connectivity index (χ0v) is 11.4. The molecule has 0 amide bonds. The van der Waals surface area contributed by atoms with E-state index < -0.39 is 5.97 Å². The normalized spacial score (nSPS) is 30.9. The summed E-state index contributed by atoms with van der Waals surface area (Å²) in [6.07, 6.45) is 12.2. The second-order valence-corrected chi connectivity index (χ2v) is 6.16. The highest BCUT2D eigenvalue weighted by Crippen LogP contribution is 2.26. The maximum absolute atomic E-state index is 11.0. The maximum Gasteiger partial charge on any atom is 0.306 e. The molecule has 2 aliphatic rings. The number of carboxylic acids is 1. The third-order valence-corrected chi connectivity index (χ3v) is 4.69. The van der Waals surface area contributed by atoms with E-state index in [1.165, 1.54) is 38.5 Å². The summed E-state index contributed by atoms with van der Waals surface area (Å²) in [7, 11) is 0. The van der Waals surface area contributed by atoms with E-state index in [0.717, 1.165) is 38.1 Å². The van der Waals surface area contributed by atoms with Crippen LogP contribution in [-0.4, -0.2) is 23.7 Å². The molecule has 0 aliphatic heterocycles. The van der Waals surface area contributed by atoms with Crippen LogP contribution in [0.25, 0.3) is 0 Å². The lowest BCUT2D eigenvalue weighted by molar-refractivity contribution is -0.143. The summed E-state index contributed by atoms with van der Waals surface area (Å²) in [5, 5.41) is 12.7. The zero-order valence-electron chi connectivity index (χ0n) is 11.4. The van der Waals surface area contributed by atoms with Crippen molar-refractivity contribution in [2.75, 3.05) is 6.54 Å². The quantitative estimate of drug-likeness (QED) is 0.756. The highest BCUT2D eigenvalue weighted by molar-refractivity contribution is 5.70. The average molecular weight is 253 g/mol. The number of carboxylic acid groups (broad SMARTS) is 1. The first kappa shape index (κ1) is 13.9. The number of hydrogen-bond donors (Lipinski definition) is 2. The molecule has 0 spiro atoms. The third kappa shape index (κ3) is 4.27. The fourth-order valence-corrected chi connectivity index (χ4v) is 3.50. The predicted molar refractivity (Wildman–Crippen MR) is 72.6 cm³/mol. The molecular formula is C15H27NO2. The number of rotatable bonds is 4. The average Bonchev–Trinajstić information content (AvgIpc) is 2.65. The van der Waals surface area contributed by atoms with Gasteiger partial charge in [0, 0.05) is 6.04 Å². The third-order valence-electron chi connectivity index (χ3n) is 4.69. The van der Waals surface area contributed by atoms with Gasteiger partial charge in [0.15, 0.2) is 0 Å². The fourth-order valence-electron chi connectivity index (χ4n) is 3.50. The Morgan fingerprint density at radius 3 is 2.39 bits per heavy atom. The first-order chi connectivity index (χ1) is 8.75. The summed E-state index contributed by atoms with van der Waals surface area (Å²) < 4.78 is 0. The Balaban J connectivity index is 1.70. The van der Waals surface area contributed by atoms with Crippen molar-refractivity contribution < 1.29 is 9.90 Å². The molecule has 0 aromatic rings. The lowest BCUT2D eigenvalue weighted by Gasteiger charge is -2.29. The van der Waals surface area contributed by atoms with Crippen molar-refractivity contribution in [3.8, 4) is 0 Å². The van der Waals surface area contributed by atoms with E-state index in [-0.39, 0.29) is 5.92 Å². The maximum atomic E-state index is 11.0.